The Morgan fingerprint density at radius 2 is 2.11 bits per heavy atom. The molecule has 0 aliphatic rings. The summed E-state index contributed by atoms with van der Waals surface area (Å²) in [5.41, 5.74) is 13.6. The van der Waals surface area contributed by atoms with Crippen molar-refractivity contribution in [1.29, 1.82) is 5.41 Å². The Morgan fingerprint density at radius 1 is 1.42 bits per heavy atom. The summed E-state index contributed by atoms with van der Waals surface area (Å²) in [5.74, 6) is 0.0542. The highest BCUT2D eigenvalue weighted by atomic mass is 35.5. The van der Waals surface area contributed by atoms with Gasteiger partial charge in [0.25, 0.3) is 5.62 Å². The Morgan fingerprint density at radius 3 is 2.68 bits per heavy atom. The van der Waals surface area contributed by atoms with Crippen molar-refractivity contribution >= 4 is 23.1 Å². The van der Waals surface area contributed by atoms with E-state index in [0.29, 0.717) is 38.7 Å². The normalized spacial score (nSPS) is 10.6. The average molecular weight is 280 g/mol. The molecule has 0 unspecified atom stereocenters. The lowest BCUT2D eigenvalue weighted by molar-refractivity contribution is 0.171. The number of hydrogen-bond acceptors (Lipinski definition) is 5. The summed E-state index contributed by atoms with van der Waals surface area (Å²) in [7, 11) is 0. The molecule has 19 heavy (non-hydrogen) atoms. The predicted octanol–water partition coefficient (Wildman–Crippen LogP) is 1.65. The predicted molar refractivity (Wildman–Crippen MR) is 73.9 cm³/mol. The molecule has 0 bridgehead atoms. The van der Waals surface area contributed by atoms with Gasteiger partial charge in [0.1, 0.15) is 0 Å². The van der Waals surface area contributed by atoms with Crippen molar-refractivity contribution in [3.63, 3.8) is 0 Å². The molecule has 7 heteroatoms. The van der Waals surface area contributed by atoms with Crippen LogP contribution < -0.4 is 17.1 Å². The zero-order chi connectivity index (χ0) is 14.2. The Hall–Kier alpha value is -2.21. The standard InChI is InChI=1S/C12H14ClN5O/c1-2-9-10(11(15)18(19)12(16)17-9)6-3-4-7(13)8(14)5-6/h3-5,16,19H,2,14-15H2,1H3. The fourth-order valence-electron chi connectivity index (χ4n) is 1.87. The van der Waals surface area contributed by atoms with E-state index in [2.05, 4.69) is 4.98 Å². The first-order valence-electron chi connectivity index (χ1n) is 5.66. The molecule has 6 nitrogen and oxygen atoms in total. The second-order valence-corrected chi connectivity index (χ2v) is 4.45. The number of nitrogens with two attached hydrogens (primary N) is 2. The Bertz CT molecular complexity index is 695. The molecule has 2 aromatic rings. The molecule has 0 aliphatic heterocycles. The van der Waals surface area contributed by atoms with Crippen LogP contribution in [-0.4, -0.2) is 14.9 Å². The molecule has 1 aromatic carbocycles. The number of nitrogen functional groups attached to an aromatic ring is 2. The molecular formula is C12H14ClN5O. The number of rotatable bonds is 2. The van der Waals surface area contributed by atoms with Gasteiger partial charge in [-0.25, -0.2) is 4.98 Å². The van der Waals surface area contributed by atoms with E-state index in [-0.39, 0.29) is 11.4 Å². The van der Waals surface area contributed by atoms with Gasteiger partial charge in [-0.05, 0) is 24.1 Å². The summed E-state index contributed by atoms with van der Waals surface area (Å²) in [5, 5.41) is 17.6. The van der Waals surface area contributed by atoms with Crippen LogP contribution in [0.25, 0.3) is 11.1 Å². The fourth-order valence-corrected chi connectivity index (χ4v) is 1.99. The number of halogens is 1. The molecule has 0 atom stereocenters. The molecule has 0 fully saturated rings. The third kappa shape index (κ3) is 2.22. The molecule has 0 spiro atoms. The smallest absolute Gasteiger partial charge is 0.257 e. The second kappa shape index (κ2) is 4.81. The van der Waals surface area contributed by atoms with E-state index in [4.69, 9.17) is 28.5 Å². The maximum absolute atomic E-state index is 9.68. The van der Waals surface area contributed by atoms with E-state index in [1.165, 1.54) is 0 Å². The molecule has 0 saturated carbocycles. The molecule has 0 aliphatic carbocycles. The summed E-state index contributed by atoms with van der Waals surface area (Å²) >= 11 is 5.88. The van der Waals surface area contributed by atoms with Crippen LogP contribution in [0.4, 0.5) is 11.5 Å². The zero-order valence-corrected chi connectivity index (χ0v) is 11.1. The van der Waals surface area contributed by atoms with Crippen molar-refractivity contribution in [3.05, 3.63) is 34.5 Å². The third-order valence-electron chi connectivity index (χ3n) is 2.83. The van der Waals surface area contributed by atoms with Gasteiger partial charge in [0.15, 0.2) is 5.82 Å². The highest BCUT2D eigenvalue weighted by molar-refractivity contribution is 6.33. The van der Waals surface area contributed by atoms with Crippen LogP contribution in [0.2, 0.25) is 5.02 Å². The number of anilines is 2. The van der Waals surface area contributed by atoms with Gasteiger partial charge in [0, 0.05) is 5.56 Å². The lowest BCUT2D eigenvalue weighted by Gasteiger charge is -2.13. The Labute approximate surface area is 114 Å². The van der Waals surface area contributed by atoms with Crippen molar-refractivity contribution in [2.45, 2.75) is 13.3 Å². The van der Waals surface area contributed by atoms with Crippen LogP contribution in [0.3, 0.4) is 0 Å². The van der Waals surface area contributed by atoms with Crippen molar-refractivity contribution in [2.75, 3.05) is 11.5 Å². The summed E-state index contributed by atoms with van der Waals surface area (Å²) in [4.78, 5) is 4.01. The molecule has 100 valence electrons. The molecule has 2 rings (SSSR count). The van der Waals surface area contributed by atoms with E-state index in [1.807, 2.05) is 6.92 Å². The molecule has 1 aromatic heterocycles. The highest BCUT2D eigenvalue weighted by Crippen LogP contribution is 2.31. The van der Waals surface area contributed by atoms with Gasteiger partial charge in [-0.3, -0.25) is 5.41 Å². The summed E-state index contributed by atoms with van der Waals surface area (Å²) in [6, 6.07) is 5.06. The second-order valence-electron chi connectivity index (χ2n) is 4.04. The number of hydrogen-bond donors (Lipinski definition) is 4. The largest absolute Gasteiger partial charge is 0.423 e. The molecule has 0 saturated heterocycles. The fraction of sp³-hybridized carbons (Fsp3) is 0.167. The number of nitrogens with zero attached hydrogens (tertiary/aromatic N) is 2. The van der Waals surface area contributed by atoms with Gasteiger partial charge in [0.2, 0.25) is 0 Å². The summed E-state index contributed by atoms with van der Waals surface area (Å²) in [6.07, 6.45) is 0.578. The first-order chi connectivity index (χ1) is 8.95. The molecule has 0 amide bonds. The summed E-state index contributed by atoms with van der Waals surface area (Å²) in [6.45, 7) is 1.89. The first kappa shape index (κ1) is 13.2. The van der Waals surface area contributed by atoms with Gasteiger partial charge in [-0.1, -0.05) is 24.6 Å². The minimum atomic E-state index is -0.306. The average Bonchev–Trinajstić information content (AvgIpc) is 2.39. The highest BCUT2D eigenvalue weighted by Gasteiger charge is 2.15. The quantitative estimate of drug-likeness (QED) is 0.494. The number of nitrogens with one attached hydrogen (secondary N) is 1. The van der Waals surface area contributed by atoms with Crippen LogP contribution in [0.1, 0.15) is 12.6 Å². The molecular weight excluding hydrogens is 266 g/mol. The Kier molecular flexibility index (Phi) is 3.35. The first-order valence-corrected chi connectivity index (χ1v) is 6.04. The van der Waals surface area contributed by atoms with Gasteiger partial charge in [0.05, 0.1) is 16.4 Å². The number of benzene rings is 1. The van der Waals surface area contributed by atoms with Crippen LogP contribution in [0.5, 0.6) is 0 Å². The van der Waals surface area contributed by atoms with E-state index in [0.717, 1.165) is 0 Å². The van der Waals surface area contributed by atoms with Crippen LogP contribution in [0, 0.1) is 5.41 Å². The molecule has 6 N–H and O–H groups in total. The van der Waals surface area contributed by atoms with E-state index < -0.39 is 0 Å². The molecule has 0 radical (unpaired) electrons. The minimum Gasteiger partial charge on any atom is -0.423 e. The van der Waals surface area contributed by atoms with Crippen molar-refractivity contribution in [1.82, 2.24) is 9.71 Å². The maximum atomic E-state index is 9.68. The topological polar surface area (TPSA) is 114 Å². The lowest BCUT2D eigenvalue weighted by atomic mass is 10.0. The van der Waals surface area contributed by atoms with Crippen molar-refractivity contribution in [2.24, 2.45) is 0 Å². The van der Waals surface area contributed by atoms with Gasteiger partial charge in [-0.15, -0.1) is 4.73 Å². The van der Waals surface area contributed by atoms with Gasteiger partial charge in [-0.2, -0.15) is 0 Å². The van der Waals surface area contributed by atoms with Gasteiger partial charge < -0.3 is 16.7 Å². The van der Waals surface area contributed by atoms with Crippen LogP contribution >= 0.6 is 11.6 Å². The maximum Gasteiger partial charge on any atom is 0.257 e. The summed E-state index contributed by atoms with van der Waals surface area (Å²) < 4.78 is 0.541. The SMILES string of the molecule is CCc1nc(=N)n(O)c(N)c1-c1ccc(Cl)c(N)c1. The van der Waals surface area contributed by atoms with Gasteiger partial charge >= 0.3 is 0 Å². The lowest BCUT2D eigenvalue weighted by Crippen LogP contribution is -2.26. The van der Waals surface area contributed by atoms with Crippen LogP contribution in [0.15, 0.2) is 18.2 Å². The van der Waals surface area contributed by atoms with Crippen molar-refractivity contribution in [3.8, 4) is 11.1 Å². The van der Waals surface area contributed by atoms with Crippen molar-refractivity contribution < 1.29 is 5.21 Å². The van der Waals surface area contributed by atoms with E-state index in [1.54, 1.807) is 18.2 Å². The monoisotopic (exact) mass is 279 g/mol. The van der Waals surface area contributed by atoms with E-state index in [9.17, 15) is 5.21 Å². The molecule has 1 heterocycles. The number of aromatic nitrogens is 2. The number of aryl methyl sites for hydroxylation is 1. The zero-order valence-electron chi connectivity index (χ0n) is 10.3. The third-order valence-corrected chi connectivity index (χ3v) is 3.18. The van der Waals surface area contributed by atoms with E-state index >= 15 is 0 Å². The Balaban J connectivity index is 2.77. The minimum absolute atomic E-state index is 0.0542. The van der Waals surface area contributed by atoms with Crippen LogP contribution in [-0.2, 0) is 6.42 Å².